The Morgan fingerprint density at radius 2 is 1.95 bits per heavy atom. The Bertz CT molecular complexity index is 374. The summed E-state index contributed by atoms with van der Waals surface area (Å²) in [5.41, 5.74) is 0. The molecule has 0 saturated heterocycles. The minimum Gasteiger partial charge on any atom is -0.478 e. The Morgan fingerprint density at radius 1 is 1.25 bits per heavy atom. The third kappa shape index (κ3) is 5.74. The number of hydrogen-bond donors (Lipinski definition) is 1. The molecule has 0 amide bonds. The minimum absolute atomic E-state index is 0.539. The Hall–Kier alpha value is -1.36. The maximum Gasteiger partial charge on any atom is 0.225 e. The van der Waals surface area contributed by atoms with Gasteiger partial charge in [-0.2, -0.15) is 4.98 Å². The van der Waals surface area contributed by atoms with Crippen molar-refractivity contribution in [1.29, 1.82) is 0 Å². The number of hydrogen-bond acceptors (Lipinski definition) is 5. The molecule has 1 heterocycles. The molecule has 0 atom stereocenters. The molecule has 0 fully saturated rings. The molecule has 5 heteroatoms. The van der Waals surface area contributed by atoms with E-state index in [-0.39, 0.29) is 0 Å². The van der Waals surface area contributed by atoms with E-state index in [0.717, 1.165) is 19.5 Å². The molecule has 5 nitrogen and oxygen atoms in total. The summed E-state index contributed by atoms with van der Waals surface area (Å²) >= 11 is 0. The molecule has 0 saturated carbocycles. The van der Waals surface area contributed by atoms with Gasteiger partial charge in [0.25, 0.3) is 0 Å². The summed E-state index contributed by atoms with van der Waals surface area (Å²) in [6.45, 7) is 13.4. The molecule has 0 aliphatic heterocycles. The van der Waals surface area contributed by atoms with Crippen molar-refractivity contribution in [2.45, 2.75) is 53.1 Å². The second-order valence-electron chi connectivity index (χ2n) is 5.42. The van der Waals surface area contributed by atoms with Crippen LogP contribution in [0.4, 0.5) is 5.95 Å². The number of aromatic nitrogens is 2. The van der Waals surface area contributed by atoms with Gasteiger partial charge in [-0.1, -0.05) is 6.92 Å². The van der Waals surface area contributed by atoms with E-state index < -0.39 is 0 Å². The second-order valence-corrected chi connectivity index (χ2v) is 5.42. The SMILES string of the molecule is CCCOc1ccnc(NCCN(C(C)C)C(C)C)n1. The first kappa shape index (κ1) is 16.7. The highest BCUT2D eigenvalue weighted by Crippen LogP contribution is 2.09. The van der Waals surface area contributed by atoms with Gasteiger partial charge in [0, 0.05) is 37.4 Å². The molecule has 0 aliphatic carbocycles. The topological polar surface area (TPSA) is 50.3 Å². The number of ether oxygens (including phenoxy) is 1. The zero-order chi connectivity index (χ0) is 15.0. The van der Waals surface area contributed by atoms with Crippen LogP contribution in [-0.2, 0) is 0 Å². The summed E-state index contributed by atoms with van der Waals surface area (Å²) in [4.78, 5) is 11.0. The first-order valence-electron chi connectivity index (χ1n) is 7.50. The Labute approximate surface area is 122 Å². The van der Waals surface area contributed by atoms with Crippen LogP contribution in [0.5, 0.6) is 5.88 Å². The smallest absolute Gasteiger partial charge is 0.225 e. The third-order valence-electron chi connectivity index (χ3n) is 3.06. The van der Waals surface area contributed by atoms with E-state index in [1.54, 1.807) is 12.3 Å². The van der Waals surface area contributed by atoms with Gasteiger partial charge in [-0.15, -0.1) is 0 Å². The maximum atomic E-state index is 5.50. The van der Waals surface area contributed by atoms with E-state index in [2.05, 4.69) is 54.8 Å². The molecule has 0 radical (unpaired) electrons. The predicted molar refractivity (Wildman–Crippen MR) is 83.3 cm³/mol. The van der Waals surface area contributed by atoms with Gasteiger partial charge in [-0.05, 0) is 34.1 Å². The molecule has 1 aromatic heterocycles. The number of anilines is 1. The predicted octanol–water partition coefficient (Wildman–Crippen LogP) is 2.80. The molecule has 114 valence electrons. The number of rotatable bonds is 9. The van der Waals surface area contributed by atoms with Crippen LogP contribution in [0.15, 0.2) is 12.3 Å². The Balaban J connectivity index is 2.45. The quantitative estimate of drug-likeness (QED) is 0.754. The van der Waals surface area contributed by atoms with Crippen LogP contribution in [0.25, 0.3) is 0 Å². The van der Waals surface area contributed by atoms with Crippen LogP contribution in [0.1, 0.15) is 41.0 Å². The lowest BCUT2D eigenvalue weighted by Crippen LogP contribution is -2.40. The van der Waals surface area contributed by atoms with E-state index >= 15 is 0 Å². The van der Waals surface area contributed by atoms with Gasteiger partial charge in [0.2, 0.25) is 11.8 Å². The van der Waals surface area contributed by atoms with E-state index in [1.807, 2.05) is 0 Å². The maximum absolute atomic E-state index is 5.50. The molecular formula is C15H28N4O. The summed E-state index contributed by atoms with van der Waals surface area (Å²) in [6.07, 6.45) is 2.70. The van der Waals surface area contributed by atoms with E-state index in [1.165, 1.54) is 0 Å². The zero-order valence-corrected chi connectivity index (χ0v) is 13.4. The van der Waals surface area contributed by atoms with Crippen molar-refractivity contribution in [2.75, 3.05) is 25.0 Å². The van der Waals surface area contributed by atoms with Crippen LogP contribution in [0, 0.1) is 0 Å². The summed E-state index contributed by atoms with van der Waals surface area (Å²) in [6, 6.07) is 2.86. The van der Waals surface area contributed by atoms with Crippen LogP contribution in [-0.4, -0.2) is 46.6 Å². The van der Waals surface area contributed by atoms with Gasteiger partial charge in [-0.3, -0.25) is 4.90 Å². The molecular weight excluding hydrogens is 252 g/mol. The average molecular weight is 280 g/mol. The molecule has 0 bridgehead atoms. The van der Waals surface area contributed by atoms with E-state index in [4.69, 9.17) is 4.74 Å². The third-order valence-corrected chi connectivity index (χ3v) is 3.06. The van der Waals surface area contributed by atoms with Crippen molar-refractivity contribution in [1.82, 2.24) is 14.9 Å². The summed E-state index contributed by atoms with van der Waals surface area (Å²) in [5, 5.41) is 3.26. The monoisotopic (exact) mass is 280 g/mol. The molecule has 1 aromatic rings. The zero-order valence-electron chi connectivity index (χ0n) is 13.4. The highest BCUT2D eigenvalue weighted by molar-refractivity contribution is 5.27. The van der Waals surface area contributed by atoms with Crippen molar-refractivity contribution < 1.29 is 4.74 Å². The lowest BCUT2D eigenvalue weighted by molar-refractivity contribution is 0.182. The summed E-state index contributed by atoms with van der Waals surface area (Å²) < 4.78 is 5.50. The van der Waals surface area contributed by atoms with E-state index in [9.17, 15) is 0 Å². The number of nitrogens with zero attached hydrogens (tertiary/aromatic N) is 3. The molecule has 1 N–H and O–H groups in total. The highest BCUT2D eigenvalue weighted by Gasteiger charge is 2.12. The van der Waals surface area contributed by atoms with Crippen molar-refractivity contribution in [3.8, 4) is 5.88 Å². The van der Waals surface area contributed by atoms with Gasteiger partial charge in [0.15, 0.2) is 0 Å². The van der Waals surface area contributed by atoms with Crippen molar-refractivity contribution in [3.05, 3.63) is 12.3 Å². The normalized spacial score (nSPS) is 11.4. The summed E-state index contributed by atoms with van der Waals surface area (Å²) in [5.74, 6) is 1.26. The molecule has 1 rings (SSSR count). The minimum atomic E-state index is 0.539. The van der Waals surface area contributed by atoms with Crippen molar-refractivity contribution in [3.63, 3.8) is 0 Å². The Kier molecular flexibility index (Phi) is 7.30. The van der Waals surface area contributed by atoms with Gasteiger partial charge in [-0.25, -0.2) is 4.98 Å². The molecule has 0 aromatic carbocycles. The fourth-order valence-electron chi connectivity index (χ4n) is 2.12. The van der Waals surface area contributed by atoms with Crippen LogP contribution in [0.2, 0.25) is 0 Å². The van der Waals surface area contributed by atoms with Gasteiger partial charge < -0.3 is 10.1 Å². The second kappa shape index (κ2) is 8.74. The fraction of sp³-hybridized carbons (Fsp3) is 0.733. The first-order chi connectivity index (χ1) is 9.54. The number of nitrogens with one attached hydrogen (secondary N) is 1. The lowest BCUT2D eigenvalue weighted by atomic mass is 10.2. The van der Waals surface area contributed by atoms with Gasteiger partial charge >= 0.3 is 0 Å². The van der Waals surface area contributed by atoms with Gasteiger partial charge in [0.05, 0.1) is 6.61 Å². The lowest BCUT2D eigenvalue weighted by Gasteiger charge is -2.30. The molecule has 0 spiro atoms. The molecule has 0 unspecified atom stereocenters. The van der Waals surface area contributed by atoms with Crippen molar-refractivity contribution >= 4 is 5.95 Å². The van der Waals surface area contributed by atoms with E-state index in [0.29, 0.717) is 30.5 Å². The highest BCUT2D eigenvalue weighted by atomic mass is 16.5. The van der Waals surface area contributed by atoms with Crippen LogP contribution in [0.3, 0.4) is 0 Å². The molecule has 20 heavy (non-hydrogen) atoms. The average Bonchev–Trinajstić information content (AvgIpc) is 2.41. The van der Waals surface area contributed by atoms with Crippen LogP contribution < -0.4 is 10.1 Å². The van der Waals surface area contributed by atoms with Crippen molar-refractivity contribution in [2.24, 2.45) is 0 Å². The van der Waals surface area contributed by atoms with Gasteiger partial charge in [0.1, 0.15) is 0 Å². The largest absolute Gasteiger partial charge is 0.478 e. The molecule has 0 aliphatic rings. The fourth-order valence-corrected chi connectivity index (χ4v) is 2.12. The summed E-state index contributed by atoms with van der Waals surface area (Å²) in [7, 11) is 0. The standard InChI is InChI=1S/C15H28N4O/c1-6-11-20-14-7-8-16-15(18-14)17-9-10-19(12(2)3)13(4)5/h7-8,12-13H,6,9-11H2,1-5H3,(H,16,17,18). The Morgan fingerprint density at radius 3 is 2.55 bits per heavy atom. The van der Waals surface area contributed by atoms with Crippen LogP contribution >= 0.6 is 0 Å². The first-order valence-corrected chi connectivity index (χ1v) is 7.50.